The number of fused-ring (bicyclic) bond motifs is 1. The number of nitriles is 2. The highest BCUT2D eigenvalue weighted by Crippen LogP contribution is 2.36. The van der Waals surface area contributed by atoms with Gasteiger partial charge in [-0.1, -0.05) is 0 Å². The molecular formula is C13H13N3O. The lowest BCUT2D eigenvalue weighted by atomic mass is 10.0. The van der Waals surface area contributed by atoms with Gasteiger partial charge in [0, 0.05) is 7.05 Å². The van der Waals surface area contributed by atoms with E-state index in [1.807, 2.05) is 20.0 Å². The Labute approximate surface area is 101 Å². The van der Waals surface area contributed by atoms with E-state index in [0.29, 0.717) is 12.0 Å². The summed E-state index contributed by atoms with van der Waals surface area (Å²) in [6.07, 6.45) is 0.246. The molecule has 0 bridgehead atoms. The Morgan fingerprint density at radius 2 is 2.18 bits per heavy atom. The zero-order valence-electron chi connectivity index (χ0n) is 9.84. The van der Waals surface area contributed by atoms with Crippen LogP contribution in [0.25, 0.3) is 0 Å². The SMILES string of the molecule is CC1C(CC#N)Oc2ccc(C#N)cc2N1C. The Hall–Kier alpha value is -2.20. The first-order chi connectivity index (χ1) is 8.17. The lowest BCUT2D eigenvalue weighted by molar-refractivity contribution is 0.165. The van der Waals surface area contributed by atoms with E-state index in [1.54, 1.807) is 12.1 Å². The molecule has 0 spiro atoms. The zero-order valence-corrected chi connectivity index (χ0v) is 9.84. The summed E-state index contributed by atoms with van der Waals surface area (Å²) in [5.74, 6) is 0.741. The van der Waals surface area contributed by atoms with Gasteiger partial charge in [0.2, 0.25) is 0 Å². The van der Waals surface area contributed by atoms with E-state index in [2.05, 4.69) is 17.0 Å². The average molecular weight is 227 g/mol. The van der Waals surface area contributed by atoms with Gasteiger partial charge in [0.05, 0.1) is 35.9 Å². The van der Waals surface area contributed by atoms with Gasteiger partial charge in [-0.15, -0.1) is 0 Å². The van der Waals surface area contributed by atoms with Gasteiger partial charge in [-0.25, -0.2) is 0 Å². The fourth-order valence-corrected chi connectivity index (χ4v) is 1.99. The lowest BCUT2D eigenvalue weighted by Gasteiger charge is -2.39. The van der Waals surface area contributed by atoms with Gasteiger partial charge in [0.25, 0.3) is 0 Å². The quantitative estimate of drug-likeness (QED) is 0.736. The number of anilines is 1. The maximum absolute atomic E-state index is 8.88. The highest BCUT2D eigenvalue weighted by atomic mass is 16.5. The van der Waals surface area contributed by atoms with Crippen LogP contribution in [-0.2, 0) is 0 Å². The second-order valence-electron chi connectivity index (χ2n) is 4.16. The molecule has 0 radical (unpaired) electrons. The topological polar surface area (TPSA) is 60.0 Å². The molecule has 1 aliphatic heterocycles. The third kappa shape index (κ3) is 1.90. The van der Waals surface area contributed by atoms with Gasteiger partial charge >= 0.3 is 0 Å². The van der Waals surface area contributed by atoms with Crippen LogP contribution < -0.4 is 9.64 Å². The van der Waals surface area contributed by atoms with Crippen molar-refractivity contribution in [2.45, 2.75) is 25.5 Å². The maximum atomic E-state index is 8.88. The van der Waals surface area contributed by atoms with Crippen molar-refractivity contribution in [3.05, 3.63) is 23.8 Å². The first kappa shape index (κ1) is 11.3. The van der Waals surface area contributed by atoms with Crippen molar-refractivity contribution < 1.29 is 4.74 Å². The highest BCUT2D eigenvalue weighted by molar-refractivity contribution is 5.63. The molecule has 1 aliphatic rings. The summed E-state index contributed by atoms with van der Waals surface area (Å²) >= 11 is 0. The summed E-state index contributed by atoms with van der Waals surface area (Å²) in [5, 5.41) is 17.6. The van der Waals surface area contributed by atoms with Crippen molar-refractivity contribution in [1.29, 1.82) is 10.5 Å². The number of hydrogen-bond acceptors (Lipinski definition) is 4. The van der Waals surface area contributed by atoms with E-state index >= 15 is 0 Å². The van der Waals surface area contributed by atoms with Crippen molar-refractivity contribution in [3.63, 3.8) is 0 Å². The number of rotatable bonds is 1. The van der Waals surface area contributed by atoms with E-state index in [-0.39, 0.29) is 12.1 Å². The van der Waals surface area contributed by atoms with Crippen LogP contribution in [0.5, 0.6) is 5.75 Å². The third-order valence-corrected chi connectivity index (χ3v) is 3.19. The average Bonchev–Trinajstić information content (AvgIpc) is 2.35. The number of likely N-dealkylation sites (N-methyl/N-ethyl adjacent to an activating group) is 1. The number of hydrogen-bond donors (Lipinski definition) is 0. The zero-order chi connectivity index (χ0) is 12.4. The fourth-order valence-electron chi connectivity index (χ4n) is 1.99. The van der Waals surface area contributed by atoms with E-state index in [0.717, 1.165) is 11.4 Å². The predicted octanol–water partition coefficient (Wildman–Crippen LogP) is 2.06. The maximum Gasteiger partial charge on any atom is 0.143 e. The molecule has 4 nitrogen and oxygen atoms in total. The first-order valence-corrected chi connectivity index (χ1v) is 5.48. The molecule has 1 aromatic rings. The second-order valence-corrected chi connectivity index (χ2v) is 4.16. The molecule has 0 amide bonds. The molecule has 0 N–H and O–H groups in total. The minimum absolute atomic E-state index is 0.120. The Balaban J connectivity index is 2.39. The summed E-state index contributed by atoms with van der Waals surface area (Å²) in [4.78, 5) is 2.06. The molecule has 86 valence electrons. The van der Waals surface area contributed by atoms with E-state index in [9.17, 15) is 0 Å². The van der Waals surface area contributed by atoms with Crippen molar-refractivity contribution in [1.82, 2.24) is 0 Å². The molecular weight excluding hydrogens is 214 g/mol. The molecule has 4 heteroatoms. The molecule has 0 saturated carbocycles. The van der Waals surface area contributed by atoms with Crippen molar-refractivity contribution >= 4 is 5.69 Å². The summed E-state index contributed by atoms with van der Waals surface area (Å²) in [7, 11) is 1.96. The largest absolute Gasteiger partial charge is 0.485 e. The Morgan fingerprint density at radius 1 is 1.41 bits per heavy atom. The van der Waals surface area contributed by atoms with Crippen LogP contribution >= 0.6 is 0 Å². The monoisotopic (exact) mass is 227 g/mol. The molecule has 0 saturated heterocycles. The number of benzene rings is 1. The van der Waals surface area contributed by atoms with E-state index in [1.165, 1.54) is 0 Å². The van der Waals surface area contributed by atoms with Crippen LogP contribution in [-0.4, -0.2) is 19.2 Å². The van der Waals surface area contributed by atoms with Gasteiger partial charge in [0.1, 0.15) is 11.9 Å². The molecule has 2 rings (SSSR count). The molecule has 2 unspecified atom stereocenters. The van der Waals surface area contributed by atoms with Crippen LogP contribution in [0.2, 0.25) is 0 Å². The van der Waals surface area contributed by atoms with Crippen LogP contribution in [0.1, 0.15) is 18.9 Å². The molecule has 1 aromatic carbocycles. The molecule has 0 aromatic heterocycles. The normalized spacial score (nSPS) is 22.0. The van der Waals surface area contributed by atoms with Crippen molar-refractivity contribution in [2.24, 2.45) is 0 Å². The second kappa shape index (κ2) is 4.35. The molecule has 0 aliphatic carbocycles. The van der Waals surface area contributed by atoms with Crippen LogP contribution in [0.15, 0.2) is 18.2 Å². The minimum Gasteiger partial charge on any atom is -0.485 e. The standard InChI is InChI=1S/C13H13N3O/c1-9-12(5-6-14)17-13-4-3-10(8-15)7-11(13)16(9)2/h3-4,7,9,12H,5H2,1-2H3. The third-order valence-electron chi connectivity index (χ3n) is 3.19. The molecule has 17 heavy (non-hydrogen) atoms. The fraction of sp³-hybridized carbons (Fsp3) is 0.385. The number of ether oxygens (including phenoxy) is 1. The summed E-state index contributed by atoms with van der Waals surface area (Å²) in [6.45, 7) is 2.02. The van der Waals surface area contributed by atoms with E-state index in [4.69, 9.17) is 15.3 Å². The van der Waals surface area contributed by atoms with Gasteiger partial charge < -0.3 is 9.64 Å². The Kier molecular flexibility index (Phi) is 2.89. The molecule has 1 heterocycles. The van der Waals surface area contributed by atoms with Crippen LogP contribution in [0.3, 0.4) is 0 Å². The van der Waals surface area contributed by atoms with Crippen molar-refractivity contribution in [3.8, 4) is 17.9 Å². The molecule has 2 atom stereocenters. The highest BCUT2D eigenvalue weighted by Gasteiger charge is 2.30. The van der Waals surface area contributed by atoms with Gasteiger partial charge in [-0.2, -0.15) is 10.5 Å². The predicted molar refractivity (Wildman–Crippen MR) is 63.7 cm³/mol. The van der Waals surface area contributed by atoms with Gasteiger partial charge in [-0.3, -0.25) is 0 Å². The minimum atomic E-state index is -0.120. The van der Waals surface area contributed by atoms with Crippen molar-refractivity contribution in [2.75, 3.05) is 11.9 Å². The molecule has 0 fully saturated rings. The van der Waals surface area contributed by atoms with Crippen LogP contribution in [0, 0.1) is 22.7 Å². The number of nitrogens with zero attached hydrogens (tertiary/aromatic N) is 3. The summed E-state index contributed by atoms with van der Waals surface area (Å²) in [6, 6.07) is 9.71. The smallest absolute Gasteiger partial charge is 0.143 e. The summed E-state index contributed by atoms with van der Waals surface area (Å²) < 4.78 is 5.78. The van der Waals surface area contributed by atoms with Crippen LogP contribution in [0.4, 0.5) is 5.69 Å². The first-order valence-electron chi connectivity index (χ1n) is 5.48. The van der Waals surface area contributed by atoms with Gasteiger partial charge in [0.15, 0.2) is 0 Å². The van der Waals surface area contributed by atoms with Gasteiger partial charge in [-0.05, 0) is 25.1 Å². The lowest BCUT2D eigenvalue weighted by Crippen LogP contribution is -2.45. The Morgan fingerprint density at radius 3 is 2.82 bits per heavy atom. The Bertz CT molecular complexity index is 512. The summed E-state index contributed by atoms with van der Waals surface area (Å²) in [5.41, 5.74) is 1.52. The van der Waals surface area contributed by atoms with E-state index < -0.39 is 0 Å².